The molecule has 0 fully saturated rings. The molecule has 0 spiro atoms. The highest BCUT2D eigenvalue weighted by atomic mass is 35.5. The standard InChI is InChI=1S/C20H16Cl3N3O5S2/c1-32(28,29)25-13-7-10-16(21)15(11-13)20(27)24-12-5-8-14(9-6-12)33(30,31)26-18-4-2-3-17(22)19(18)23/h2-11,25-26H,1H3,(H,24,27). The van der Waals surface area contributed by atoms with Crippen molar-refractivity contribution in [1.82, 2.24) is 0 Å². The molecular weight excluding hydrogens is 533 g/mol. The molecule has 1 amide bonds. The number of rotatable bonds is 7. The number of nitrogens with one attached hydrogen (secondary N) is 3. The van der Waals surface area contributed by atoms with E-state index in [0.717, 1.165) is 6.26 Å². The lowest BCUT2D eigenvalue weighted by atomic mass is 10.2. The smallest absolute Gasteiger partial charge is 0.261 e. The topological polar surface area (TPSA) is 121 Å². The van der Waals surface area contributed by atoms with Crippen molar-refractivity contribution in [3.8, 4) is 0 Å². The minimum absolute atomic E-state index is 0.0271. The highest BCUT2D eigenvalue weighted by molar-refractivity contribution is 7.92. The van der Waals surface area contributed by atoms with Crippen molar-refractivity contribution in [2.24, 2.45) is 0 Å². The van der Waals surface area contributed by atoms with Crippen LogP contribution in [0.1, 0.15) is 10.4 Å². The molecule has 33 heavy (non-hydrogen) atoms. The summed E-state index contributed by atoms with van der Waals surface area (Å²) in [6.07, 6.45) is 0.978. The second-order valence-corrected chi connectivity index (χ2v) is 11.4. The largest absolute Gasteiger partial charge is 0.322 e. The van der Waals surface area contributed by atoms with Crippen molar-refractivity contribution in [2.75, 3.05) is 21.0 Å². The van der Waals surface area contributed by atoms with Gasteiger partial charge >= 0.3 is 0 Å². The number of hydrogen-bond donors (Lipinski definition) is 3. The first kappa shape index (κ1) is 25.1. The van der Waals surface area contributed by atoms with Crippen molar-refractivity contribution in [3.63, 3.8) is 0 Å². The van der Waals surface area contributed by atoms with Crippen LogP contribution in [0, 0.1) is 0 Å². The number of halogens is 3. The molecule has 0 aliphatic carbocycles. The Kier molecular flexibility index (Phi) is 7.45. The lowest BCUT2D eigenvalue weighted by molar-refractivity contribution is 0.102. The van der Waals surface area contributed by atoms with Gasteiger partial charge in [-0.15, -0.1) is 0 Å². The van der Waals surface area contributed by atoms with Crippen LogP contribution in [0.5, 0.6) is 0 Å². The molecule has 0 radical (unpaired) electrons. The van der Waals surface area contributed by atoms with Gasteiger partial charge in [-0.05, 0) is 54.6 Å². The molecule has 0 heterocycles. The first-order chi connectivity index (χ1) is 15.4. The van der Waals surface area contributed by atoms with Crippen LogP contribution in [0.2, 0.25) is 15.1 Å². The fraction of sp³-hybridized carbons (Fsp3) is 0.0500. The molecule has 0 saturated heterocycles. The fourth-order valence-electron chi connectivity index (χ4n) is 2.68. The molecule has 0 saturated carbocycles. The molecule has 0 unspecified atom stereocenters. The number of hydrogen-bond acceptors (Lipinski definition) is 5. The maximum atomic E-state index is 12.6. The van der Waals surface area contributed by atoms with Crippen LogP contribution < -0.4 is 14.8 Å². The van der Waals surface area contributed by atoms with Crippen LogP contribution in [0.3, 0.4) is 0 Å². The monoisotopic (exact) mass is 547 g/mol. The Balaban J connectivity index is 1.77. The van der Waals surface area contributed by atoms with Crippen LogP contribution in [-0.4, -0.2) is 29.0 Å². The SMILES string of the molecule is CS(=O)(=O)Nc1ccc(Cl)c(C(=O)Nc2ccc(S(=O)(=O)Nc3cccc(Cl)c3Cl)cc2)c1. The van der Waals surface area contributed by atoms with Gasteiger partial charge in [0.1, 0.15) is 0 Å². The van der Waals surface area contributed by atoms with Crippen LogP contribution in [0.4, 0.5) is 17.1 Å². The van der Waals surface area contributed by atoms with Crippen molar-refractivity contribution in [1.29, 1.82) is 0 Å². The molecule has 3 aromatic carbocycles. The van der Waals surface area contributed by atoms with Gasteiger partial charge in [0, 0.05) is 11.4 Å². The van der Waals surface area contributed by atoms with Gasteiger partial charge < -0.3 is 5.32 Å². The average Bonchev–Trinajstić information content (AvgIpc) is 2.72. The molecule has 0 aromatic heterocycles. The summed E-state index contributed by atoms with van der Waals surface area (Å²) in [5.41, 5.74) is 0.606. The Morgan fingerprint density at radius 2 is 1.42 bits per heavy atom. The number of carbonyl (C=O) groups is 1. The Labute approximate surface area is 206 Å². The summed E-state index contributed by atoms with van der Waals surface area (Å²) < 4.78 is 52.7. The zero-order chi connectivity index (χ0) is 24.4. The molecule has 13 heteroatoms. The summed E-state index contributed by atoms with van der Waals surface area (Å²) >= 11 is 18.0. The van der Waals surface area contributed by atoms with Crippen LogP contribution in [0.25, 0.3) is 0 Å². The summed E-state index contributed by atoms with van der Waals surface area (Å²) in [6.45, 7) is 0. The van der Waals surface area contributed by atoms with E-state index in [4.69, 9.17) is 34.8 Å². The molecule has 3 N–H and O–H groups in total. The third-order valence-corrected chi connectivity index (χ3v) is 7.27. The molecule has 0 aliphatic heterocycles. The summed E-state index contributed by atoms with van der Waals surface area (Å²) in [6, 6.07) is 14.0. The van der Waals surface area contributed by atoms with E-state index in [0.29, 0.717) is 0 Å². The molecule has 0 bridgehead atoms. The van der Waals surface area contributed by atoms with Crippen LogP contribution in [-0.2, 0) is 20.0 Å². The Morgan fingerprint density at radius 3 is 2.06 bits per heavy atom. The zero-order valence-corrected chi connectivity index (χ0v) is 20.7. The van der Waals surface area contributed by atoms with Crippen LogP contribution >= 0.6 is 34.8 Å². The van der Waals surface area contributed by atoms with Gasteiger partial charge in [-0.25, -0.2) is 16.8 Å². The predicted octanol–water partition coefficient (Wildman–Crippen LogP) is 5.07. The van der Waals surface area contributed by atoms with Gasteiger partial charge in [-0.3, -0.25) is 14.2 Å². The Bertz CT molecular complexity index is 1430. The van der Waals surface area contributed by atoms with E-state index in [9.17, 15) is 21.6 Å². The molecule has 8 nitrogen and oxygen atoms in total. The summed E-state index contributed by atoms with van der Waals surface area (Å²) in [4.78, 5) is 12.5. The Morgan fingerprint density at radius 1 is 0.788 bits per heavy atom. The summed E-state index contributed by atoms with van der Waals surface area (Å²) in [5.74, 6) is -0.614. The number of amides is 1. The third-order valence-electron chi connectivity index (χ3n) is 4.13. The van der Waals surface area contributed by atoms with E-state index in [-0.39, 0.29) is 42.6 Å². The van der Waals surface area contributed by atoms with E-state index in [1.807, 2.05) is 0 Å². The van der Waals surface area contributed by atoms with Crippen molar-refractivity contribution in [3.05, 3.63) is 81.3 Å². The van der Waals surface area contributed by atoms with E-state index in [2.05, 4.69) is 14.8 Å². The maximum Gasteiger partial charge on any atom is 0.261 e. The average molecular weight is 549 g/mol. The van der Waals surface area contributed by atoms with Crippen molar-refractivity contribution < 1.29 is 21.6 Å². The number of sulfonamides is 2. The Hall–Kier alpha value is -2.50. The van der Waals surface area contributed by atoms with Gasteiger partial charge in [0.15, 0.2) is 0 Å². The van der Waals surface area contributed by atoms with E-state index in [1.165, 1.54) is 54.6 Å². The summed E-state index contributed by atoms with van der Waals surface area (Å²) in [7, 11) is -7.51. The van der Waals surface area contributed by atoms with Crippen molar-refractivity contribution in [2.45, 2.75) is 4.90 Å². The number of anilines is 3. The minimum atomic E-state index is -3.97. The third kappa shape index (κ3) is 6.52. The molecule has 3 aromatic rings. The molecular formula is C20H16Cl3N3O5S2. The van der Waals surface area contributed by atoms with Crippen molar-refractivity contribution >= 4 is 77.8 Å². The highest BCUT2D eigenvalue weighted by Gasteiger charge is 2.18. The van der Waals surface area contributed by atoms with Crippen LogP contribution in [0.15, 0.2) is 65.6 Å². The fourth-order valence-corrected chi connectivity index (χ4v) is 4.91. The molecule has 174 valence electrons. The van der Waals surface area contributed by atoms with Gasteiger partial charge in [0.25, 0.3) is 15.9 Å². The minimum Gasteiger partial charge on any atom is -0.322 e. The highest BCUT2D eigenvalue weighted by Crippen LogP contribution is 2.31. The number of carbonyl (C=O) groups excluding carboxylic acids is 1. The lowest BCUT2D eigenvalue weighted by Gasteiger charge is -2.12. The van der Waals surface area contributed by atoms with Gasteiger partial charge in [-0.2, -0.15) is 0 Å². The summed E-state index contributed by atoms with van der Waals surface area (Å²) in [5, 5.41) is 2.95. The molecule has 3 rings (SSSR count). The first-order valence-electron chi connectivity index (χ1n) is 9.01. The van der Waals surface area contributed by atoms with E-state index >= 15 is 0 Å². The molecule has 0 atom stereocenters. The predicted molar refractivity (Wildman–Crippen MR) is 132 cm³/mol. The second-order valence-electron chi connectivity index (χ2n) is 6.75. The first-order valence-corrected chi connectivity index (χ1v) is 13.5. The zero-order valence-electron chi connectivity index (χ0n) is 16.8. The van der Waals surface area contributed by atoms with Gasteiger partial charge in [-0.1, -0.05) is 40.9 Å². The van der Waals surface area contributed by atoms with E-state index in [1.54, 1.807) is 6.07 Å². The lowest BCUT2D eigenvalue weighted by Crippen LogP contribution is -2.15. The second kappa shape index (κ2) is 9.78. The normalized spacial score (nSPS) is 11.6. The number of benzene rings is 3. The van der Waals surface area contributed by atoms with Gasteiger partial charge in [0.05, 0.1) is 37.5 Å². The van der Waals surface area contributed by atoms with Gasteiger partial charge in [0.2, 0.25) is 10.0 Å². The quantitative estimate of drug-likeness (QED) is 0.380. The maximum absolute atomic E-state index is 12.6. The molecule has 0 aliphatic rings. The van der Waals surface area contributed by atoms with E-state index < -0.39 is 26.0 Å².